The van der Waals surface area contributed by atoms with Crippen molar-refractivity contribution in [1.82, 2.24) is 14.8 Å². The fourth-order valence-electron chi connectivity index (χ4n) is 2.16. The van der Waals surface area contributed by atoms with Crippen LogP contribution in [0.3, 0.4) is 0 Å². The molecule has 2 aromatic rings. The summed E-state index contributed by atoms with van der Waals surface area (Å²) in [6, 6.07) is 3.32. The molecule has 0 spiro atoms. The lowest BCUT2D eigenvalue weighted by atomic mass is 10.2. The first-order chi connectivity index (χ1) is 11.8. The smallest absolute Gasteiger partial charge is 0.308 e. The summed E-state index contributed by atoms with van der Waals surface area (Å²) in [6.45, 7) is -0.707. The van der Waals surface area contributed by atoms with Crippen molar-refractivity contribution >= 4 is 23.2 Å². The number of alkyl halides is 4. The van der Waals surface area contributed by atoms with Crippen LogP contribution in [0.4, 0.5) is 23.2 Å². The molecule has 2 rings (SSSR count). The molecule has 0 N–H and O–H groups in total. The van der Waals surface area contributed by atoms with Gasteiger partial charge in [-0.05, 0) is 25.0 Å². The van der Waals surface area contributed by atoms with Crippen LogP contribution in [0.25, 0.3) is 5.69 Å². The Morgan fingerprint density at radius 3 is 2.68 bits per heavy atom. The highest BCUT2D eigenvalue weighted by Crippen LogP contribution is 2.29. The zero-order valence-corrected chi connectivity index (χ0v) is 13.8. The largest absolute Gasteiger partial charge is 0.397 e. The van der Waals surface area contributed by atoms with E-state index in [0.717, 1.165) is 4.90 Å². The molecule has 0 aliphatic heterocycles. The van der Waals surface area contributed by atoms with E-state index in [2.05, 4.69) is 10.1 Å². The van der Waals surface area contributed by atoms with Crippen LogP contribution < -0.4 is 4.90 Å². The Bertz CT molecular complexity index is 705. The molecule has 0 radical (unpaired) electrons. The lowest BCUT2D eigenvalue weighted by Crippen LogP contribution is -2.35. The van der Waals surface area contributed by atoms with Crippen LogP contribution in [0.1, 0.15) is 19.3 Å². The molecule has 0 saturated heterocycles. The summed E-state index contributed by atoms with van der Waals surface area (Å²) >= 11 is 6.02. The predicted octanol–water partition coefficient (Wildman–Crippen LogP) is 3.96. The Morgan fingerprint density at radius 1 is 1.32 bits per heavy atom. The van der Waals surface area contributed by atoms with E-state index in [4.69, 9.17) is 11.6 Å². The summed E-state index contributed by atoms with van der Waals surface area (Å²) < 4.78 is 51.3. The van der Waals surface area contributed by atoms with Gasteiger partial charge in [-0.3, -0.25) is 14.2 Å². The van der Waals surface area contributed by atoms with Gasteiger partial charge in [0.15, 0.2) is 5.15 Å². The van der Waals surface area contributed by atoms with Gasteiger partial charge in [0, 0.05) is 12.7 Å². The third-order valence-corrected chi connectivity index (χ3v) is 3.54. The zero-order chi connectivity index (χ0) is 18.4. The molecule has 0 fully saturated rings. The standard InChI is InChI=1S/C15H15ClF4N4O/c16-14-12(10-24(22-14)11-4-3-6-21-9-11)23(7-2-1-5-17)13(25)8-15(18,19)20/h3-4,6,9-10H,1-2,5,7-8H2. The number of aromatic nitrogens is 3. The van der Waals surface area contributed by atoms with Crippen molar-refractivity contribution < 1.29 is 22.4 Å². The van der Waals surface area contributed by atoms with Gasteiger partial charge in [0.25, 0.3) is 0 Å². The van der Waals surface area contributed by atoms with E-state index in [1.807, 2.05) is 0 Å². The molecule has 1 amide bonds. The summed E-state index contributed by atoms with van der Waals surface area (Å²) in [4.78, 5) is 16.9. The van der Waals surface area contributed by atoms with Gasteiger partial charge >= 0.3 is 6.18 Å². The van der Waals surface area contributed by atoms with Crippen molar-refractivity contribution in [3.05, 3.63) is 35.9 Å². The predicted molar refractivity (Wildman–Crippen MR) is 84.6 cm³/mol. The second-order valence-electron chi connectivity index (χ2n) is 5.19. The van der Waals surface area contributed by atoms with Crippen LogP contribution in [-0.4, -0.2) is 40.1 Å². The van der Waals surface area contributed by atoms with Crippen LogP contribution in [0, 0.1) is 0 Å². The number of nitrogens with zero attached hydrogens (tertiary/aromatic N) is 4. The molecule has 136 valence electrons. The molecule has 0 bridgehead atoms. The van der Waals surface area contributed by atoms with Gasteiger partial charge in [-0.15, -0.1) is 0 Å². The molecular formula is C15H15ClF4N4O. The lowest BCUT2D eigenvalue weighted by molar-refractivity contribution is -0.151. The molecule has 2 heterocycles. The molecule has 0 unspecified atom stereocenters. The van der Waals surface area contributed by atoms with Gasteiger partial charge in [0.1, 0.15) is 12.1 Å². The number of amides is 1. The normalized spacial score (nSPS) is 11.6. The molecule has 5 nitrogen and oxygen atoms in total. The molecule has 10 heteroatoms. The van der Waals surface area contributed by atoms with Gasteiger partial charge in [0.2, 0.25) is 5.91 Å². The van der Waals surface area contributed by atoms with E-state index < -0.39 is 25.2 Å². The Kier molecular flexibility index (Phi) is 6.35. The van der Waals surface area contributed by atoms with Crippen molar-refractivity contribution in [3.8, 4) is 5.69 Å². The highest BCUT2D eigenvalue weighted by atomic mass is 35.5. The summed E-state index contributed by atoms with van der Waals surface area (Å²) in [6.07, 6.45) is -1.57. The fourth-order valence-corrected chi connectivity index (χ4v) is 2.39. The van der Waals surface area contributed by atoms with E-state index in [1.54, 1.807) is 18.3 Å². The van der Waals surface area contributed by atoms with Crippen molar-refractivity contribution in [1.29, 1.82) is 0 Å². The quantitative estimate of drug-likeness (QED) is 0.541. The topological polar surface area (TPSA) is 51.0 Å². The number of carbonyl (C=O) groups excluding carboxylic acids is 1. The molecule has 0 atom stereocenters. The highest BCUT2D eigenvalue weighted by molar-refractivity contribution is 6.32. The summed E-state index contributed by atoms with van der Waals surface area (Å²) in [5.41, 5.74) is 0.571. The maximum atomic E-state index is 12.6. The number of rotatable bonds is 7. The fraction of sp³-hybridized carbons (Fsp3) is 0.400. The first-order valence-corrected chi connectivity index (χ1v) is 7.78. The molecule has 0 aliphatic rings. The van der Waals surface area contributed by atoms with Gasteiger partial charge in [-0.2, -0.15) is 18.3 Å². The first kappa shape index (κ1) is 19.2. The van der Waals surface area contributed by atoms with Gasteiger partial charge in [-0.25, -0.2) is 4.68 Å². The third kappa shape index (κ3) is 5.42. The summed E-state index contributed by atoms with van der Waals surface area (Å²) in [5.74, 6) is -1.17. The average Bonchev–Trinajstić information content (AvgIpc) is 2.92. The molecule has 0 saturated carbocycles. The van der Waals surface area contributed by atoms with Gasteiger partial charge in [0.05, 0.1) is 24.8 Å². The van der Waals surface area contributed by atoms with Crippen molar-refractivity contribution in [2.45, 2.75) is 25.4 Å². The number of anilines is 1. The Balaban J connectivity index is 2.30. The van der Waals surface area contributed by atoms with E-state index in [9.17, 15) is 22.4 Å². The Hall–Kier alpha value is -2.16. The maximum Gasteiger partial charge on any atom is 0.397 e. The molecule has 0 aromatic carbocycles. The number of pyridine rings is 1. The number of hydrogen-bond acceptors (Lipinski definition) is 3. The zero-order valence-electron chi connectivity index (χ0n) is 13.0. The molecule has 25 heavy (non-hydrogen) atoms. The number of halogens is 5. The minimum Gasteiger partial charge on any atom is -0.308 e. The average molecular weight is 379 g/mol. The minimum atomic E-state index is -4.65. The van der Waals surface area contributed by atoms with E-state index in [1.165, 1.54) is 17.1 Å². The summed E-state index contributed by atoms with van der Waals surface area (Å²) in [7, 11) is 0. The van der Waals surface area contributed by atoms with Crippen LogP contribution in [0.15, 0.2) is 30.7 Å². The molecule has 2 aromatic heterocycles. The molecule has 0 aliphatic carbocycles. The van der Waals surface area contributed by atoms with E-state index in [0.29, 0.717) is 5.69 Å². The monoisotopic (exact) mass is 378 g/mol. The Labute approximate surface area is 146 Å². The second-order valence-corrected chi connectivity index (χ2v) is 5.55. The van der Waals surface area contributed by atoms with Crippen LogP contribution in [-0.2, 0) is 4.79 Å². The SMILES string of the molecule is O=C(CC(F)(F)F)N(CCCCF)c1cn(-c2cccnc2)nc1Cl. The minimum absolute atomic E-state index is 0.0404. The van der Waals surface area contributed by atoms with Crippen molar-refractivity contribution in [2.24, 2.45) is 0 Å². The lowest BCUT2D eigenvalue weighted by Gasteiger charge is -2.22. The third-order valence-electron chi connectivity index (χ3n) is 3.27. The van der Waals surface area contributed by atoms with Crippen molar-refractivity contribution in [2.75, 3.05) is 18.1 Å². The number of carbonyl (C=O) groups is 1. The maximum absolute atomic E-state index is 12.6. The second kappa shape index (κ2) is 8.28. The number of unbranched alkanes of at least 4 members (excludes halogenated alkanes) is 1. The van der Waals surface area contributed by atoms with E-state index >= 15 is 0 Å². The van der Waals surface area contributed by atoms with E-state index in [-0.39, 0.29) is 30.2 Å². The van der Waals surface area contributed by atoms with Gasteiger partial charge < -0.3 is 4.90 Å². The highest BCUT2D eigenvalue weighted by Gasteiger charge is 2.34. The van der Waals surface area contributed by atoms with Crippen molar-refractivity contribution in [3.63, 3.8) is 0 Å². The van der Waals surface area contributed by atoms with Crippen LogP contribution in [0.2, 0.25) is 5.15 Å². The summed E-state index contributed by atoms with van der Waals surface area (Å²) in [5, 5.41) is 3.88. The van der Waals surface area contributed by atoms with Gasteiger partial charge in [-0.1, -0.05) is 11.6 Å². The van der Waals surface area contributed by atoms with Crippen LogP contribution in [0.5, 0.6) is 0 Å². The van der Waals surface area contributed by atoms with Crippen LogP contribution >= 0.6 is 11.6 Å². The first-order valence-electron chi connectivity index (χ1n) is 7.40. The molecular weight excluding hydrogens is 364 g/mol. The number of hydrogen-bond donors (Lipinski definition) is 0. The Morgan fingerprint density at radius 2 is 2.08 bits per heavy atom.